The first-order chi connectivity index (χ1) is 15.4. The van der Waals surface area contributed by atoms with Crippen molar-refractivity contribution in [2.24, 2.45) is 4.99 Å². The average Bonchev–Trinajstić information content (AvgIpc) is 3.35. The van der Waals surface area contributed by atoms with Crippen LogP contribution in [0.15, 0.2) is 28.9 Å². The molecule has 1 N–H and O–H groups in total. The number of nitrogens with one attached hydrogen (secondary N) is 1. The van der Waals surface area contributed by atoms with Gasteiger partial charge in [0.15, 0.2) is 0 Å². The molecule has 1 saturated carbocycles. The van der Waals surface area contributed by atoms with Crippen molar-refractivity contribution in [2.75, 3.05) is 6.54 Å². The van der Waals surface area contributed by atoms with Crippen LogP contribution in [0.1, 0.15) is 76.1 Å². The molecule has 2 unspecified atom stereocenters. The van der Waals surface area contributed by atoms with Crippen molar-refractivity contribution in [3.63, 3.8) is 0 Å². The fourth-order valence-electron chi connectivity index (χ4n) is 4.69. The van der Waals surface area contributed by atoms with E-state index in [1.54, 1.807) is 12.3 Å². The Labute approximate surface area is 189 Å². The van der Waals surface area contributed by atoms with Gasteiger partial charge in [0.05, 0.1) is 5.56 Å². The maximum atomic E-state index is 14.9. The minimum absolute atomic E-state index is 0.0119. The molecule has 0 spiro atoms. The number of hydrogen-bond donors (Lipinski definition) is 1. The van der Waals surface area contributed by atoms with Gasteiger partial charge in [-0.1, -0.05) is 12.5 Å². The van der Waals surface area contributed by atoms with Crippen molar-refractivity contribution in [1.82, 2.24) is 9.88 Å². The van der Waals surface area contributed by atoms with Gasteiger partial charge in [-0.15, -0.1) is 0 Å². The minimum atomic E-state index is -0.235. The molecule has 1 aromatic heterocycles. The van der Waals surface area contributed by atoms with Gasteiger partial charge in [-0.05, 0) is 76.8 Å². The molecule has 1 aromatic carbocycles. The molecular weight excluding hydrogens is 408 g/mol. The van der Waals surface area contributed by atoms with Crippen molar-refractivity contribution in [3.8, 4) is 5.75 Å². The van der Waals surface area contributed by atoms with E-state index < -0.39 is 0 Å². The predicted octanol–water partition coefficient (Wildman–Crippen LogP) is 6.51. The zero-order valence-corrected chi connectivity index (χ0v) is 19.5. The number of halogens is 2. The van der Waals surface area contributed by atoms with Crippen LogP contribution < -0.4 is 10.1 Å². The lowest BCUT2D eigenvalue weighted by atomic mass is 9.99. The molecule has 4 rings (SSSR count). The number of hydrogen-bond acceptors (Lipinski definition) is 3. The zero-order chi connectivity index (χ0) is 22.8. The van der Waals surface area contributed by atoms with Gasteiger partial charge in [-0.2, -0.15) is 0 Å². The summed E-state index contributed by atoms with van der Waals surface area (Å²) in [6.07, 6.45) is 7.60. The van der Waals surface area contributed by atoms with Crippen LogP contribution in [0.25, 0.3) is 6.08 Å². The van der Waals surface area contributed by atoms with Crippen LogP contribution in [-0.4, -0.2) is 22.9 Å². The maximum absolute atomic E-state index is 14.9. The van der Waals surface area contributed by atoms with E-state index in [1.807, 2.05) is 31.4 Å². The monoisotopic (exact) mass is 441 g/mol. The number of nitrogens with zero attached hydrogens (tertiary/aromatic N) is 2. The second kappa shape index (κ2) is 9.57. The Morgan fingerprint density at radius 2 is 2.00 bits per heavy atom. The lowest BCUT2D eigenvalue weighted by molar-refractivity contribution is 0.201. The first-order valence-electron chi connectivity index (χ1n) is 11.6. The van der Waals surface area contributed by atoms with Gasteiger partial charge in [0.2, 0.25) is 0 Å². The second-order valence-electron chi connectivity index (χ2n) is 9.16. The Morgan fingerprint density at radius 1 is 1.19 bits per heavy atom. The highest BCUT2D eigenvalue weighted by Gasteiger charge is 2.31. The highest BCUT2D eigenvalue weighted by Crippen LogP contribution is 2.40. The van der Waals surface area contributed by atoms with E-state index in [4.69, 9.17) is 9.73 Å². The van der Waals surface area contributed by atoms with Crippen molar-refractivity contribution < 1.29 is 13.5 Å². The molecule has 0 amide bonds. The number of ether oxygens (including phenoxy) is 1. The fraction of sp³-hybridized carbons (Fsp3) is 0.500. The summed E-state index contributed by atoms with van der Waals surface area (Å²) in [5.41, 5.74) is 4.27. The fourth-order valence-corrected chi connectivity index (χ4v) is 4.69. The second-order valence-corrected chi connectivity index (χ2v) is 9.16. The van der Waals surface area contributed by atoms with E-state index in [0.717, 1.165) is 60.4 Å². The van der Waals surface area contributed by atoms with Crippen molar-refractivity contribution in [1.29, 1.82) is 0 Å². The smallest absolute Gasteiger partial charge is 0.150 e. The highest BCUT2D eigenvalue weighted by atomic mass is 19.1. The number of benzene rings is 1. The topological polar surface area (TPSA) is 38.5 Å². The van der Waals surface area contributed by atoms with E-state index in [1.165, 1.54) is 6.07 Å². The van der Waals surface area contributed by atoms with E-state index in [-0.39, 0.29) is 23.8 Å². The summed E-state index contributed by atoms with van der Waals surface area (Å²) < 4.78 is 37.5. The van der Waals surface area contributed by atoms with Crippen LogP contribution in [0, 0.1) is 11.6 Å². The molecule has 1 aliphatic heterocycles. The molecule has 0 bridgehead atoms. The zero-order valence-electron chi connectivity index (χ0n) is 19.5. The van der Waals surface area contributed by atoms with Crippen molar-refractivity contribution >= 4 is 17.6 Å². The first-order valence-corrected chi connectivity index (χ1v) is 11.6. The molecule has 2 aromatic rings. The van der Waals surface area contributed by atoms with Gasteiger partial charge in [0.25, 0.3) is 0 Å². The molecule has 1 fully saturated rings. The van der Waals surface area contributed by atoms with Gasteiger partial charge >= 0.3 is 0 Å². The lowest BCUT2D eigenvalue weighted by Crippen LogP contribution is -2.26. The first kappa shape index (κ1) is 22.7. The Kier molecular flexibility index (Phi) is 6.79. The summed E-state index contributed by atoms with van der Waals surface area (Å²) in [6.45, 7) is 9.36. The number of rotatable bonds is 6. The van der Waals surface area contributed by atoms with Crippen LogP contribution in [0.3, 0.4) is 0 Å². The van der Waals surface area contributed by atoms with Crippen molar-refractivity contribution in [2.45, 2.75) is 78.5 Å². The van der Waals surface area contributed by atoms with E-state index in [0.29, 0.717) is 24.3 Å². The Balaban J connectivity index is 1.58. The van der Waals surface area contributed by atoms with Gasteiger partial charge in [-0.25, -0.2) is 13.8 Å². The third kappa shape index (κ3) is 4.65. The molecule has 0 saturated heterocycles. The molecule has 2 heterocycles. The molecule has 1 aliphatic carbocycles. The van der Waals surface area contributed by atoms with Crippen LogP contribution in [-0.2, 0) is 13.0 Å². The summed E-state index contributed by atoms with van der Waals surface area (Å²) in [4.78, 5) is 4.69. The Hall–Kier alpha value is -2.47. The van der Waals surface area contributed by atoms with Gasteiger partial charge < -0.3 is 14.6 Å². The Bertz CT molecular complexity index is 1050. The Morgan fingerprint density at radius 3 is 2.75 bits per heavy atom. The van der Waals surface area contributed by atoms with Gasteiger partial charge in [0.1, 0.15) is 29.3 Å². The number of fused-ring (bicyclic) bond motifs is 1. The normalized spacial score (nSPS) is 20.9. The third-order valence-electron chi connectivity index (χ3n) is 6.50. The summed E-state index contributed by atoms with van der Waals surface area (Å²) in [7, 11) is 0. The average molecular weight is 442 g/mol. The molecule has 32 heavy (non-hydrogen) atoms. The maximum Gasteiger partial charge on any atom is 0.150 e. The molecule has 6 heteroatoms. The molecule has 0 radical (unpaired) electrons. The number of aromatic nitrogens is 1. The molecule has 172 valence electrons. The largest absolute Gasteiger partial charge is 0.490 e. The standard InChI is InChI=1S/C26H33F2N3O/c1-5-17(4)12-21-24(28)15-31(26(21)30-16(2)3)18-6-7-19(13-18)32-25-9-8-23(27)20-10-11-29-14-22(20)25/h8-9,12,15,18-19,29H,5-7,10-11,13-14H2,1-4H3/b17-12+. The molecular formula is C26H33F2N3O. The summed E-state index contributed by atoms with van der Waals surface area (Å²) in [6, 6.07) is 3.38. The van der Waals surface area contributed by atoms with Crippen LogP contribution in [0.4, 0.5) is 14.6 Å². The minimum Gasteiger partial charge on any atom is -0.490 e. The third-order valence-corrected chi connectivity index (χ3v) is 6.50. The summed E-state index contributed by atoms with van der Waals surface area (Å²) >= 11 is 0. The lowest BCUT2D eigenvalue weighted by Gasteiger charge is -2.23. The summed E-state index contributed by atoms with van der Waals surface area (Å²) in [5.74, 6) is 1.06. The van der Waals surface area contributed by atoms with Crippen molar-refractivity contribution in [3.05, 3.63) is 52.2 Å². The molecule has 2 aliphatic rings. The van der Waals surface area contributed by atoms with E-state index in [9.17, 15) is 8.78 Å². The highest BCUT2D eigenvalue weighted by molar-refractivity contribution is 5.83. The molecule has 2 atom stereocenters. The number of allylic oxidation sites excluding steroid dienone is 1. The van der Waals surface area contributed by atoms with Crippen LogP contribution in [0.2, 0.25) is 0 Å². The van der Waals surface area contributed by atoms with E-state index in [2.05, 4.69) is 12.2 Å². The molecule has 4 nitrogen and oxygen atoms in total. The summed E-state index contributed by atoms with van der Waals surface area (Å²) in [5, 5.41) is 3.31. The van der Waals surface area contributed by atoms with Crippen LogP contribution >= 0.6 is 0 Å². The predicted molar refractivity (Wildman–Crippen MR) is 126 cm³/mol. The SMILES string of the molecule is CC/C(C)=C/c1c(F)cn(C2CCC(Oc3ccc(F)c4c3CNCC4)C2)c1N=C(C)C. The number of aliphatic imine (C=N–C) groups is 1. The van der Waals surface area contributed by atoms with Crippen LogP contribution in [0.5, 0.6) is 5.75 Å². The van der Waals surface area contributed by atoms with Gasteiger partial charge in [-0.3, -0.25) is 0 Å². The quantitative estimate of drug-likeness (QED) is 0.519. The van der Waals surface area contributed by atoms with Gasteiger partial charge in [0, 0.05) is 36.5 Å². The van der Waals surface area contributed by atoms with E-state index >= 15 is 0 Å².